The summed E-state index contributed by atoms with van der Waals surface area (Å²) < 4.78 is 0. The molecule has 2 heterocycles. The Morgan fingerprint density at radius 3 is 1.62 bits per heavy atom. The van der Waals surface area contributed by atoms with E-state index in [9.17, 15) is 19.5 Å². The van der Waals surface area contributed by atoms with E-state index in [1.165, 1.54) is 17.8 Å². The second kappa shape index (κ2) is 17.0. The van der Waals surface area contributed by atoms with E-state index in [-0.39, 0.29) is 28.9 Å². The Balaban J connectivity index is 0.000000294. The number of pyridine rings is 1. The Hall–Kier alpha value is -4.66. The van der Waals surface area contributed by atoms with Crippen LogP contribution in [0.15, 0.2) is 90.6 Å². The summed E-state index contributed by atoms with van der Waals surface area (Å²) in [6.45, 7) is 14.5. The van der Waals surface area contributed by atoms with Crippen LogP contribution < -0.4 is 4.90 Å². The number of hydrogen-bond acceptors (Lipinski definition) is 6. The number of carbonyl (C=O) groups excluding carboxylic acids is 1. The third-order valence-corrected chi connectivity index (χ3v) is 7.40. The monoisotopic (exact) mass is 617 g/mol. The van der Waals surface area contributed by atoms with Crippen molar-refractivity contribution in [1.82, 2.24) is 9.88 Å². The molecule has 0 bridgehead atoms. The molecule has 0 aliphatic carbocycles. The van der Waals surface area contributed by atoms with Gasteiger partial charge >= 0.3 is 11.9 Å². The number of aromatic nitrogens is 1. The van der Waals surface area contributed by atoms with Gasteiger partial charge in [0.2, 0.25) is 5.91 Å². The molecule has 242 valence electrons. The van der Waals surface area contributed by atoms with Crippen LogP contribution in [-0.2, 0) is 25.2 Å². The van der Waals surface area contributed by atoms with Crippen LogP contribution in [0.4, 0.5) is 5.82 Å². The fraction of sp³-hybridized carbons (Fsp3) is 0.389. The van der Waals surface area contributed by atoms with E-state index in [0.29, 0.717) is 19.5 Å². The molecule has 9 heteroatoms. The number of carbonyl (C=O) groups is 3. The maximum Gasteiger partial charge on any atom is 0.328 e. The van der Waals surface area contributed by atoms with E-state index in [2.05, 4.69) is 35.9 Å². The van der Waals surface area contributed by atoms with Crippen molar-refractivity contribution in [1.29, 1.82) is 0 Å². The molecule has 1 amide bonds. The molecule has 1 saturated heterocycles. The van der Waals surface area contributed by atoms with Gasteiger partial charge in [-0.05, 0) is 42.5 Å². The molecule has 1 fully saturated rings. The van der Waals surface area contributed by atoms with Crippen molar-refractivity contribution in [2.45, 2.75) is 65.2 Å². The molecule has 0 radical (unpaired) electrons. The largest absolute Gasteiger partial charge is 0.506 e. The van der Waals surface area contributed by atoms with E-state index in [0.717, 1.165) is 30.0 Å². The highest BCUT2D eigenvalue weighted by molar-refractivity contribution is 5.80. The third kappa shape index (κ3) is 12.8. The van der Waals surface area contributed by atoms with Crippen molar-refractivity contribution in [3.8, 4) is 5.75 Å². The van der Waals surface area contributed by atoms with E-state index in [1.807, 2.05) is 73.3 Å². The zero-order valence-electron chi connectivity index (χ0n) is 27.2. The molecular weight excluding hydrogens is 570 g/mol. The fourth-order valence-corrected chi connectivity index (χ4v) is 4.85. The van der Waals surface area contributed by atoms with Crippen LogP contribution in [0.3, 0.4) is 0 Å². The number of aliphatic carboxylic acids is 2. The maximum atomic E-state index is 12.7. The topological polar surface area (TPSA) is 131 Å². The lowest BCUT2D eigenvalue weighted by Gasteiger charge is -2.37. The summed E-state index contributed by atoms with van der Waals surface area (Å²) >= 11 is 0. The highest BCUT2D eigenvalue weighted by Crippen LogP contribution is 2.28. The van der Waals surface area contributed by atoms with Gasteiger partial charge in [0.1, 0.15) is 11.6 Å². The predicted octanol–water partition coefficient (Wildman–Crippen LogP) is 6.28. The van der Waals surface area contributed by atoms with Crippen molar-refractivity contribution < 1.29 is 29.7 Å². The van der Waals surface area contributed by atoms with Gasteiger partial charge in [-0.15, -0.1) is 0 Å². The number of nitrogens with zero attached hydrogens (tertiary/aromatic N) is 3. The van der Waals surface area contributed by atoms with Crippen LogP contribution in [0.1, 0.15) is 65.5 Å². The van der Waals surface area contributed by atoms with E-state index in [4.69, 9.17) is 10.2 Å². The second-order valence-electron chi connectivity index (χ2n) is 12.5. The number of piperazine rings is 1. The molecule has 3 aromatic rings. The number of amides is 1. The third-order valence-electron chi connectivity index (χ3n) is 7.40. The van der Waals surface area contributed by atoms with Crippen molar-refractivity contribution in [2.75, 3.05) is 31.1 Å². The molecule has 9 nitrogen and oxygen atoms in total. The minimum atomic E-state index is -0.875. The van der Waals surface area contributed by atoms with Crippen molar-refractivity contribution >= 4 is 23.7 Å². The number of carboxylic acids is 2. The number of anilines is 1. The molecule has 0 spiro atoms. The van der Waals surface area contributed by atoms with Crippen LogP contribution >= 0.6 is 0 Å². The summed E-state index contributed by atoms with van der Waals surface area (Å²) in [6.07, 6.45) is 3.29. The van der Waals surface area contributed by atoms with Crippen LogP contribution in [0.5, 0.6) is 5.75 Å². The molecule has 0 saturated carbocycles. The molecule has 1 aliphatic rings. The van der Waals surface area contributed by atoms with Gasteiger partial charge in [-0.1, -0.05) is 93.9 Å². The Morgan fingerprint density at radius 2 is 1.24 bits per heavy atom. The Bertz CT molecular complexity index is 1390. The minimum Gasteiger partial charge on any atom is -0.506 e. The van der Waals surface area contributed by atoms with E-state index in [1.54, 1.807) is 19.9 Å². The molecule has 1 aliphatic heterocycles. The van der Waals surface area contributed by atoms with Gasteiger partial charge in [-0.3, -0.25) is 9.59 Å². The molecule has 3 N–H and O–H groups in total. The lowest BCUT2D eigenvalue weighted by atomic mass is 9.81. The summed E-state index contributed by atoms with van der Waals surface area (Å²) in [5.41, 5.74) is 2.61. The second-order valence-corrected chi connectivity index (χ2v) is 12.5. The van der Waals surface area contributed by atoms with Crippen LogP contribution in [0.2, 0.25) is 0 Å². The highest BCUT2D eigenvalue weighted by Gasteiger charge is 2.29. The molecule has 1 aromatic heterocycles. The highest BCUT2D eigenvalue weighted by atomic mass is 16.4. The zero-order chi connectivity index (χ0) is 33.6. The van der Waals surface area contributed by atoms with E-state index >= 15 is 0 Å². The molecular formula is C36H47N3O6. The number of carboxylic acid groups (broad SMARTS) is 2. The summed E-state index contributed by atoms with van der Waals surface area (Å²) in [7, 11) is 0. The van der Waals surface area contributed by atoms with Gasteiger partial charge < -0.3 is 25.1 Å². The SMILES string of the molecule is CC(C)(CC(=O)N1CCN(c2ccc(O)cn2)CC1)c1ccccc1.CC(C)(CC(=O)O)c1ccccc1.CC(C)=CC(=O)O. The first-order valence-corrected chi connectivity index (χ1v) is 15.0. The molecule has 2 aromatic carbocycles. The van der Waals surface area contributed by atoms with Gasteiger partial charge in [0.05, 0.1) is 12.6 Å². The number of aromatic hydroxyl groups is 1. The average Bonchev–Trinajstić information content (AvgIpc) is 2.98. The normalized spacial score (nSPS) is 12.9. The summed E-state index contributed by atoms with van der Waals surface area (Å²) in [6, 6.07) is 23.4. The smallest absolute Gasteiger partial charge is 0.328 e. The first kappa shape index (κ1) is 36.5. The van der Waals surface area contributed by atoms with Gasteiger partial charge in [0, 0.05) is 44.1 Å². The predicted molar refractivity (Wildman–Crippen MR) is 178 cm³/mol. The average molecular weight is 618 g/mol. The lowest BCUT2D eigenvalue weighted by molar-refractivity contribution is -0.138. The summed E-state index contributed by atoms with van der Waals surface area (Å²) in [4.78, 5) is 41.4. The molecule has 45 heavy (non-hydrogen) atoms. The zero-order valence-corrected chi connectivity index (χ0v) is 27.2. The first-order chi connectivity index (χ1) is 21.1. The molecule has 0 unspecified atom stereocenters. The number of allylic oxidation sites excluding steroid dienone is 1. The first-order valence-electron chi connectivity index (χ1n) is 15.0. The summed E-state index contributed by atoms with van der Waals surface area (Å²) in [5.74, 6) is -0.420. The number of rotatable bonds is 8. The standard InChI is InChI=1S/C20H25N3O2.C11H14O2.C5H8O2/c1-20(2,16-6-4-3-5-7-16)14-19(25)23-12-10-22(11-13-23)18-9-8-17(24)15-21-18;1-11(2,8-10(12)13)9-6-4-3-5-7-9;1-4(2)3-5(6)7/h3-9,15,24H,10-14H2,1-2H3;3-7H,8H2,1-2H3,(H,12,13);3H,1-2H3,(H,6,7). The van der Waals surface area contributed by atoms with Gasteiger partial charge in [0.25, 0.3) is 0 Å². The summed E-state index contributed by atoms with van der Waals surface area (Å²) in [5, 5.41) is 26.1. The van der Waals surface area contributed by atoms with Crippen LogP contribution in [0, 0.1) is 0 Å². The van der Waals surface area contributed by atoms with Crippen molar-refractivity contribution in [3.63, 3.8) is 0 Å². The molecule has 0 atom stereocenters. The minimum absolute atomic E-state index is 0.164. The van der Waals surface area contributed by atoms with Crippen molar-refractivity contribution in [3.05, 3.63) is 102 Å². The Morgan fingerprint density at radius 1 is 0.756 bits per heavy atom. The van der Waals surface area contributed by atoms with Crippen LogP contribution in [-0.4, -0.2) is 69.2 Å². The Labute approximate surface area is 266 Å². The maximum absolute atomic E-state index is 12.7. The number of benzene rings is 2. The molecule has 4 rings (SSSR count). The Kier molecular flexibility index (Phi) is 13.8. The lowest BCUT2D eigenvalue weighted by Crippen LogP contribution is -2.50. The van der Waals surface area contributed by atoms with Gasteiger partial charge in [-0.2, -0.15) is 0 Å². The van der Waals surface area contributed by atoms with Gasteiger partial charge in [-0.25, -0.2) is 9.78 Å². The fourth-order valence-electron chi connectivity index (χ4n) is 4.85. The van der Waals surface area contributed by atoms with Gasteiger partial charge in [0.15, 0.2) is 0 Å². The van der Waals surface area contributed by atoms with Crippen molar-refractivity contribution in [2.24, 2.45) is 0 Å². The van der Waals surface area contributed by atoms with Crippen LogP contribution in [0.25, 0.3) is 0 Å². The quantitative estimate of drug-likeness (QED) is 0.252. The van der Waals surface area contributed by atoms with E-state index < -0.39 is 11.9 Å². The number of hydrogen-bond donors (Lipinski definition) is 3.